The number of nitrogens with one attached hydrogen (secondary N) is 1. The van der Waals surface area contributed by atoms with Gasteiger partial charge in [-0.25, -0.2) is 0 Å². The van der Waals surface area contributed by atoms with Gasteiger partial charge in [-0.05, 0) is 24.6 Å². The number of hydrogen-bond acceptors (Lipinski definition) is 4. The summed E-state index contributed by atoms with van der Waals surface area (Å²) in [4.78, 5) is 12.2. The van der Waals surface area contributed by atoms with Gasteiger partial charge in [-0.15, -0.1) is 10.2 Å². The lowest BCUT2D eigenvalue weighted by Gasteiger charge is -2.05. The topological polar surface area (TPSA) is 85.3 Å². The number of amides is 1. The van der Waals surface area contributed by atoms with Gasteiger partial charge >= 0.3 is 0 Å². The molecule has 0 atom stereocenters. The summed E-state index contributed by atoms with van der Waals surface area (Å²) < 4.78 is 1.86. The van der Waals surface area contributed by atoms with Crippen LogP contribution >= 0.6 is 0 Å². The lowest BCUT2D eigenvalue weighted by molar-refractivity contribution is 0.0956. The van der Waals surface area contributed by atoms with Crippen LogP contribution < -0.4 is 11.1 Å². The lowest BCUT2D eigenvalue weighted by Crippen LogP contribution is -2.29. The molecule has 1 aromatic carbocycles. The smallest absolute Gasteiger partial charge is 0.255 e. The minimum atomic E-state index is -0.185. The van der Waals surface area contributed by atoms with Crippen molar-refractivity contribution in [2.45, 2.75) is 13.3 Å². The molecule has 0 spiro atoms. The molecular weight excluding hydrogens is 290 g/mol. The molecule has 3 aromatic rings. The van der Waals surface area contributed by atoms with Gasteiger partial charge in [-0.1, -0.05) is 29.8 Å². The van der Waals surface area contributed by atoms with E-state index in [1.807, 2.05) is 16.7 Å². The molecule has 0 fully saturated rings. The van der Waals surface area contributed by atoms with Gasteiger partial charge < -0.3 is 11.1 Å². The molecule has 6 nitrogen and oxygen atoms in total. The Balaban J connectivity index is 1.91. The summed E-state index contributed by atoms with van der Waals surface area (Å²) in [6, 6.07) is 11.9. The van der Waals surface area contributed by atoms with E-state index in [1.54, 1.807) is 6.07 Å². The van der Waals surface area contributed by atoms with Crippen LogP contribution in [0.25, 0.3) is 5.65 Å². The van der Waals surface area contributed by atoms with Crippen LogP contribution in [0.15, 0.2) is 42.6 Å². The molecule has 3 N–H and O–H groups in total. The number of rotatable bonds is 5. The third-order valence-electron chi connectivity index (χ3n) is 3.66. The largest absolute Gasteiger partial charge is 0.351 e. The number of hydrogen-bond donors (Lipinski definition) is 2. The highest BCUT2D eigenvalue weighted by Gasteiger charge is 2.14. The first kappa shape index (κ1) is 15.2. The highest BCUT2D eigenvalue weighted by atomic mass is 16.1. The summed E-state index contributed by atoms with van der Waals surface area (Å²) >= 11 is 0. The van der Waals surface area contributed by atoms with Gasteiger partial charge in [0.15, 0.2) is 5.65 Å². The maximum Gasteiger partial charge on any atom is 0.255 e. The van der Waals surface area contributed by atoms with Crippen LogP contribution in [0, 0.1) is 6.92 Å². The van der Waals surface area contributed by atoms with Crippen molar-refractivity contribution in [1.29, 1.82) is 0 Å². The van der Waals surface area contributed by atoms with E-state index in [0.29, 0.717) is 30.7 Å². The predicted molar refractivity (Wildman–Crippen MR) is 88.4 cm³/mol. The molecular formula is C17H19N5O. The average Bonchev–Trinajstić information content (AvgIpc) is 2.98. The zero-order chi connectivity index (χ0) is 16.2. The molecule has 118 valence electrons. The van der Waals surface area contributed by atoms with Crippen LogP contribution in [0.3, 0.4) is 0 Å². The van der Waals surface area contributed by atoms with Crippen molar-refractivity contribution in [3.05, 3.63) is 65.1 Å². The fraction of sp³-hybridized carbons (Fsp3) is 0.235. The maximum absolute atomic E-state index is 12.2. The molecule has 2 aromatic heterocycles. The highest BCUT2D eigenvalue weighted by Crippen LogP contribution is 2.14. The van der Waals surface area contributed by atoms with Crippen molar-refractivity contribution in [3.8, 4) is 0 Å². The van der Waals surface area contributed by atoms with Crippen molar-refractivity contribution in [2.24, 2.45) is 5.73 Å². The van der Waals surface area contributed by atoms with Crippen molar-refractivity contribution >= 4 is 11.6 Å². The molecule has 3 rings (SSSR count). The third-order valence-corrected chi connectivity index (χ3v) is 3.66. The number of nitrogens with two attached hydrogens (primary N) is 1. The summed E-state index contributed by atoms with van der Waals surface area (Å²) in [6.07, 6.45) is 2.54. The van der Waals surface area contributed by atoms with Crippen molar-refractivity contribution in [2.75, 3.05) is 13.1 Å². The van der Waals surface area contributed by atoms with Gasteiger partial charge in [-0.3, -0.25) is 9.20 Å². The van der Waals surface area contributed by atoms with E-state index in [-0.39, 0.29) is 5.91 Å². The third kappa shape index (κ3) is 3.22. The minimum absolute atomic E-state index is 0.185. The molecule has 0 aliphatic heterocycles. The number of carbonyl (C=O) groups is 1. The van der Waals surface area contributed by atoms with Crippen LogP contribution in [0.5, 0.6) is 0 Å². The number of nitrogens with zero attached hydrogens (tertiary/aromatic N) is 3. The molecule has 0 aliphatic rings. The average molecular weight is 309 g/mol. The number of carbonyl (C=O) groups excluding carboxylic acids is 1. The van der Waals surface area contributed by atoms with Gasteiger partial charge in [0.25, 0.3) is 5.91 Å². The highest BCUT2D eigenvalue weighted by molar-refractivity contribution is 5.99. The first-order valence-corrected chi connectivity index (χ1v) is 7.55. The van der Waals surface area contributed by atoms with E-state index in [1.165, 1.54) is 5.56 Å². The summed E-state index contributed by atoms with van der Waals surface area (Å²) in [5, 5.41) is 11.2. The Hall–Kier alpha value is -2.73. The van der Waals surface area contributed by atoms with Crippen LogP contribution in [-0.4, -0.2) is 33.6 Å². The Kier molecular flexibility index (Phi) is 4.34. The van der Waals surface area contributed by atoms with Crippen LogP contribution in [0.2, 0.25) is 0 Å². The number of aryl methyl sites for hydroxylation is 1. The van der Waals surface area contributed by atoms with Gasteiger partial charge in [0.1, 0.15) is 5.82 Å². The molecule has 0 unspecified atom stereocenters. The zero-order valence-corrected chi connectivity index (χ0v) is 13.0. The lowest BCUT2D eigenvalue weighted by atomic mass is 10.1. The molecule has 0 saturated heterocycles. The molecule has 0 bridgehead atoms. The fourth-order valence-electron chi connectivity index (χ4n) is 2.43. The Morgan fingerprint density at radius 1 is 1.22 bits per heavy atom. The zero-order valence-electron chi connectivity index (χ0n) is 13.0. The normalized spacial score (nSPS) is 10.9. The van der Waals surface area contributed by atoms with Crippen LogP contribution in [0.4, 0.5) is 0 Å². The second-order valence-electron chi connectivity index (χ2n) is 5.44. The second-order valence-corrected chi connectivity index (χ2v) is 5.44. The van der Waals surface area contributed by atoms with Crippen molar-refractivity contribution < 1.29 is 4.79 Å². The monoisotopic (exact) mass is 309 g/mol. The SMILES string of the molecule is Cc1ccc(Cc2nnc3c(C(=O)NCCN)cccn23)cc1. The van der Waals surface area contributed by atoms with Gasteiger partial charge in [0, 0.05) is 25.7 Å². The summed E-state index contributed by atoms with van der Waals surface area (Å²) in [5.74, 6) is 0.618. The summed E-state index contributed by atoms with van der Waals surface area (Å²) in [7, 11) is 0. The van der Waals surface area contributed by atoms with E-state index in [0.717, 1.165) is 11.4 Å². The Labute approximate surface area is 134 Å². The van der Waals surface area contributed by atoms with Crippen molar-refractivity contribution in [3.63, 3.8) is 0 Å². The Morgan fingerprint density at radius 2 is 2.00 bits per heavy atom. The molecule has 23 heavy (non-hydrogen) atoms. The summed E-state index contributed by atoms with van der Waals surface area (Å²) in [5.41, 5.74) is 8.86. The summed E-state index contributed by atoms with van der Waals surface area (Å²) in [6.45, 7) is 2.90. The molecule has 1 amide bonds. The predicted octanol–water partition coefficient (Wildman–Crippen LogP) is 1.32. The Morgan fingerprint density at radius 3 is 2.74 bits per heavy atom. The second kappa shape index (κ2) is 6.58. The molecule has 2 heterocycles. The standard InChI is InChI=1S/C17H19N5O/c1-12-4-6-13(7-5-12)11-15-20-21-16-14(3-2-10-22(15)16)17(23)19-9-8-18/h2-7,10H,8-9,11,18H2,1H3,(H,19,23). The van der Waals surface area contributed by atoms with E-state index < -0.39 is 0 Å². The van der Waals surface area contributed by atoms with Gasteiger partial charge in [0.05, 0.1) is 5.56 Å². The van der Waals surface area contributed by atoms with Crippen molar-refractivity contribution in [1.82, 2.24) is 19.9 Å². The van der Waals surface area contributed by atoms with E-state index in [2.05, 4.69) is 46.7 Å². The minimum Gasteiger partial charge on any atom is -0.351 e. The maximum atomic E-state index is 12.2. The number of benzene rings is 1. The Bertz CT molecular complexity index is 823. The van der Waals surface area contributed by atoms with Gasteiger partial charge in [0.2, 0.25) is 0 Å². The molecule has 0 saturated carbocycles. The number of fused-ring (bicyclic) bond motifs is 1. The first-order valence-electron chi connectivity index (χ1n) is 7.55. The molecule has 0 radical (unpaired) electrons. The molecule has 0 aliphatic carbocycles. The van der Waals surface area contributed by atoms with Crippen LogP contribution in [-0.2, 0) is 6.42 Å². The number of aromatic nitrogens is 3. The van der Waals surface area contributed by atoms with Gasteiger partial charge in [-0.2, -0.15) is 0 Å². The molecule has 6 heteroatoms. The van der Waals surface area contributed by atoms with E-state index in [4.69, 9.17) is 5.73 Å². The van der Waals surface area contributed by atoms with E-state index in [9.17, 15) is 4.79 Å². The van der Waals surface area contributed by atoms with E-state index >= 15 is 0 Å². The van der Waals surface area contributed by atoms with Crippen LogP contribution in [0.1, 0.15) is 27.3 Å². The quantitative estimate of drug-likeness (QED) is 0.744. The number of pyridine rings is 1. The first-order chi connectivity index (χ1) is 11.2. The fourth-order valence-corrected chi connectivity index (χ4v) is 2.43.